The van der Waals surface area contributed by atoms with Gasteiger partial charge in [-0.25, -0.2) is 4.98 Å². The third-order valence-electron chi connectivity index (χ3n) is 4.30. The van der Waals surface area contributed by atoms with Crippen LogP contribution in [0, 0.1) is 0 Å². The van der Waals surface area contributed by atoms with Crippen LogP contribution in [0.3, 0.4) is 0 Å². The first-order chi connectivity index (χ1) is 11.3. The summed E-state index contributed by atoms with van der Waals surface area (Å²) in [5.41, 5.74) is 2.00. The SMILES string of the molecule is CC1CC(Nc2cc(-c3ccccc3)nc3ncnn23)CCN1. The predicted octanol–water partition coefficient (Wildman–Crippen LogP) is 2.34. The third kappa shape index (κ3) is 2.90. The molecule has 2 aromatic heterocycles. The number of nitrogens with one attached hydrogen (secondary N) is 2. The van der Waals surface area contributed by atoms with Gasteiger partial charge in [-0.2, -0.15) is 14.6 Å². The molecule has 1 saturated heterocycles. The minimum absolute atomic E-state index is 0.435. The predicted molar refractivity (Wildman–Crippen MR) is 90.3 cm³/mol. The molecule has 2 atom stereocenters. The highest BCUT2D eigenvalue weighted by Gasteiger charge is 2.19. The first-order valence-corrected chi connectivity index (χ1v) is 8.06. The molecule has 23 heavy (non-hydrogen) atoms. The van der Waals surface area contributed by atoms with Gasteiger partial charge in [0.1, 0.15) is 12.1 Å². The molecule has 1 aliphatic heterocycles. The summed E-state index contributed by atoms with van der Waals surface area (Å²) < 4.78 is 1.78. The number of nitrogens with zero attached hydrogens (tertiary/aromatic N) is 4. The fourth-order valence-electron chi connectivity index (χ4n) is 3.14. The largest absolute Gasteiger partial charge is 0.367 e. The minimum atomic E-state index is 0.435. The molecule has 6 heteroatoms. The summed E-state index contributed by atoms with van der Waals surface area (Å²) in [5.74, 6) is 1.57. The molecular weight excluding hydrogens is 288 g/mol. The highest BCUT2D eigenvalue weighted by Crippen LogP contribution is 2.23. The summed E-state index contributed by atoms with van der Waals surface area (Å²) in [6, 6.07) is 13.2. The van der Waals surface area contributed by atoms with Gasteiger partial charge < -0.3 is 10.6 Å². The lowest BCUT2D eigenvalue weighted by Crippen LogP contribution is -2.41. The van der Waals surface area contributed by atoms with Gasteiger partial charge in [0.2, 0.25) is 0 Å². The number of aromatic nitrogens is 4. The monoisotopic (exact) mass is 308 g/mol. The van der Waals surface area contributed by atoms with Gasteiger partial charge in [-0.05, 0) is 26.3 Å². The lowest BCUT2D eigenvalue weighted by molar-refractivity contribution is 0.395. The number of fused-ring (bicyclic) bond motifs is 1. The Morgan fingerprint density at radius 2 is 2.13 bits per heavy atom. The molecule has 1 aromatic carbocycles. The van der Waals surface area contributed by atoms with Crippen LogP contribution in [-0.4, -0.2) is 38.2 Å². The molecule has 0 amide bonds. The Bertz CT molecular complexity index is 797. The smallest absolute Gasteiger partial charge is 0.254 e. The van der Waals surface area contributed by atoms with E-state index in [1.54, 1.807) is 10.8 Å². The number of anilines is 1. The van der Waals surface area contributed by atoms with E-state index in [0.717, 1.165) is 36.5 Å². The maximum Gasteiger partial charge on any atom is 0.254 e. The van der Waals surface area contributed by atoms with Crippen molar-refractivity contribution in [3.8, 4) is 11.3 Å². The Kier molecular flexibility index (Phi) is 3.67. The van der Waals surface area contributed by atoms with E-state index in [0.29, 0.717) is 17.9 Å². The van der Waals surface area contributed by atoms with Crippen LogP contribution in [0.15, 0.2) is 42.7 Å². The normalized spacial score (nSPS) is 21.4. The number of hydrogen-bond acceptors (Lipinski definition) is 5. The van der Waals surface area contributed by atoms with Crippen LogP contribution in [0.25, 0.3) is 17.0 Å². The second kappa shape index (κ2) is 5.96. The Morgan fingerprint density at radius 1 is 1.26 bits per heavy atom. The standard InChI is InChI=1S/C17H20N6/c1-12-9-14(7-8-18-12)21-16-10-15(13-5-3-2-4-6-13)22-17-19-11-20-23(16)17/h2-6,10-12,14,18,21H,7-9H2,1H3. The fourth-order valence-corrected chi connectivity index (χ4v) is 3.14. The van der Waals surface area contributed by atoms with Gasteiger partial charge in [0, 0.05) is 23.7 Å². The molecule has 2 unspecified atom stereocenters. The second-order valence-electron chi connectivity index (χ2n) is 6.09. The van der Waals surface area contributed by atoms with Crippen molar-refractivity contribution in [2.24, 2.45) is 0 Å². The first-order valence-electron chi connectivity index (χ1n) is 8.06. The number of rotatable bonds is 3. The molecule has 6 nitrogen and oxygen atoms in total. The van der Waals surface area contributed by atoms with Gasteiger partial charge in [-0.3, -0.25) is 0 Å². The van der Waals surface area contributed by atoms with Crippen LogP contribution < -0.4 is 10.6 Å². The molecule has 0 saturated carbocycles. The van der Waals surface area contributed by atoms with Crippen molar-refractivity contribution < 1.29 is 0 Å². The molecule has 0 radical (unpaired) electrons. The van der Waals surface area contributed by atoms with Crippen LogP contribution in [0.1, 0.15) is 19.8 Å². The number of hydrogen-bond donors (Lipinski definition) is 2. The van der Waals surface area contributed by atoms with Crippen molar-refractivity contribution in [1.29, 1.82) is 0 Å². The van der Waals surface area contributed by atoms with E-state index >= 15 is 0 Å². The third-order valence-corrected chi connectivity index (χ3v) is 4.30. The molecular formula is C17H20N6. The Labute approximate surface area is 135 Å². The summed E-state index contributed by atoms with van der Waals surface area (Å²) in [6.07, 6.45) is 3.75. The molecule has 0 aliphatic carbocycles. The average molecular weight is 308 g/mol. The Morgan fingerprint density at radius 3 is 2.96 bits per heavy atom. The molecule has 1 aliphatic rings. The number of benzene rings is 1. The van der Waals surface area contributed by atoms with Gasteiger partial charge in [0.05, 0.1) is 5.69 Å². The van der Waals surface area contributed by atoms with Crippen molar-refractivity contribution in [3.63, 3.8) is 0 Å². The quantitative estimate of drug-likeness (QED) is 0.777. The van der Waals surface area contributed by atoms with Crippen LogP contribution >= 0.6 is 0 Å². The van der Waals surface area contributed by atoms with Crippen LogP contribution in [0.5, 0.6) is 0 Å². The molecule has 1 fully saturated rings. The van der Waals surface area contributed by atoms with Crippen molar-refractivity contribution >= 4 is 11.6 Å². The minimum Gasteiger partial charge on any atom is -0.367 e. The van der Waals surface area contributed by atoms with E-state index in [1.165, 1.54) is 0 Å². The Balaban J connectivity index is 1.71. The van der Waals surface area contributed by atoms with E-state index < -0.39 is 0 Å². The van der Waals surface area contributed by atoms with Gasteiger partial charge in [-0.1, -0.05) is 30.3 Å². The van der Waals surface area contributed by atoms with Crippen LogP contribution in [0.2, 0.25) is 0 Å². The average Bonchev–Trinajstić information content (AvgIpc) is 3.04. The maximum absolute atomic E-state index is 4.61. The number of piperidine rings is 1. The first kappa shape index (κ1) is 14.1. The molecule has 4 rings (SSSR count). The summed E-state index contributed by atoms with van der Waals surface area (Å²) in [7, 11) is 0. The van der Waals surface area contributed by atoms with Crippen molar-refractivity contribution in [2.75, 3.05) is 11.9 Å². The van der Waals surface area contributed by atoms with Crippen LogP contribution in [-0.2, 0) is 0 Å². The molecule has 3 aromatic rings. The zero-order chi connectivity index (χ0) is 15.6. The maximum atomic E-state index is 4.61. The summed E-state index contributed by atoms with van der Waals surface area (Å²) in [4.78, 5) is 8.87. The zero-order valence-corrected chi connectivity index (χ0v) is 13.1. The lowest BCUT2D eigenvalue weighted by atomic mass is 10.0. The van der Waals surface area contributed by atoms with Crippen molar-refractivity contribution in [1.82, 2.24) is 24.9 Å². The van der Waals surface area contributed by atoms with Gasteiger partial charge in [0.15, 0.2) is 0 Å². The second-order valence-corrected chi connectivity index (χ2v) is 6.09. The summed E-state index contributed by atoms with van der Waals surface area (Å²) >= 11 is 0. The molecule has 118 valence electrons. The van der Waals surface area contributed by atoms with E-state index in [1.807, 2.05) is 18.2 Å². The highest BCUT2D eigenvalue weighted by molar-refractivity contribution is 5.65. The topological polar surface area (TPSA) is 67.1 Å². The zero-order valence-electron chi connectivity index (χ0n) is 13.1. The van der Waals surface area contributed by atoms with Crippen LogP contribution in [0.4, 0.5) is 5.82 Å². The molecule has 0 spiro atoms. The molecule has 2 N–H and O–H groups in total. The summed E-state index contributed by atoms with van der Waals surface area (Å²) in [6.45, 7) is 3.26. The summed E-state index contributed by atoms with van der Waals surface area (Å²) in [5, 5.41) is 11.4. The van der Waals surface area contributed by atoms with E-state index in [9.17, 15) is 0 Å². The van der Waals surface area contributed by atoms with Gasteiger partial charge in [0.25, 0.3) is 5.78 Å². The highest BCUT2D eigenvalue weighted by atomic mass is 15.4. The van der Waals surface area contributed by atoms with Gasteiger partial charge >= 0.3 is 0 Å². The van der Waals surface area contributed by atoms with E-state index in [-0.39, 0.29) is 0 Å². The molecule has 0 bridgehead atoms. The van der Waals surface area contributed by atoms with E-state index in [4.69, 9.17) is 0 Å². The fraction of sp³-hybridized carbons (Fsp3) is 0.353. The van der Waals surface area contributed by atoms with E-state index in [2.05, 4.69) is 50.8 Å². The van der Waals surface area contributed by atoms with Crippen molar-refractivity contribution in [2.45, 2.75) is 31.8 Å². The lowest BCUT2D eigenvalue weighted by Gasteiger charge is -2.29. The molecule has 3 heterocycles. The Hall–Kier alpha value is -2.47. The van der Waals surface area contributed by atoms with Crippen molar-refractivity contribution in [3.05, 3.63) is 42.7 Å². The van der Waals surface area contributed by atoms with Gasteiger partial charge in [-0.15, -0.1) is 0 Å².